The van der Waals surface area contributed by atoms with Crippen LogP contribution in [-0.2, 0) is 23.1 Å². The Morgan fingerprint density at radius 2 is 0.911 bits per heavy atom. The van der Waals surface area contributed by atoms with Crippen LogP contribution in [0.25, 0.3) is 0 Å². The highest BCUT2D eigenvalue weighted by atomic mass is 31.2. The minimum absolute atomic E-state index is 0.250. The van der Waals surface area contributed by atoms with E-state index in [1.54, 1.807) is 0 Å². The molecule has 0 N–H and O–H groups in total. The van der Waals surface area contributed by atoms with Crippen LogP contribution in [0.15, 0.2) is 0 Å². The fourth-order valence-corrected chi connectivity index (χ4v) is 2.99. The SMILES string of the molecule is [2H]C([2H])([2H])C([2H])(C([2H])([2H])[2H])C([2H])([2H])C([2H])([2H])C([2H])([2H])C([2H])(C([2H])([2H])[2H])C([2H])([2H])C([2H])([2H])C([2H])([2H])C([2H])(C([2H])([2H])[2H])C([2H])([2H])C([2H])([2H])C([2H])([2H])C([2H])(C([2H])([2H])[2H])C([2H])([2H])C([2H])([2H])OC[C@H](COP(=O)([O-])OCC[N+](C)(C)C)OC([2H])([2H])C([2H])([2H])C([2H])(C([2H])([2H])[2H])C([2H])([2H])C([2H])([2H])C([2H])([2H])C([2H])(C([2H])([2H])[2H])C([2H])([2H])C([2H])([2H])C([2H])([2H])C([2H])(C([2H])([2H])[2H])C([2H])([2H])C([2H])([2H])C([2H])([2H])C([2H])(C([2H])([2H])[2H])C([2H])([2H])[2H]. The number of hydrogen-bond acceptors (Lipinski definition) is 6. The molecule has 0 aliphatic heterocycles. The Bertz CT molecular complexity index is 4250. The average molecular weight is 901 g/mol. The first-order valence-electron chi connectivity index (χ1n) is 55.7. The Kier molecular flexibility index (Phi) is 5.43. The van der Waals surface area contributed by atoms with E-state index in [-0.39, 0.29) is 4.48 Å². The fraction of sp³-hybridized carbons (Fsp3) is 1.00. The van der Waals surface area contributed by atoms with Gasteiger partial charge in [-0.2, -0.15) is 0 Å². The van der Waals surface area contributed by atoms with Crippen molar-refractivity contribution in [1.29, 1.82) is 0 Å². The van der Waals surface area contributed by atoms with Gasteiger partial charge in [-0.25, -0.2) is 0 Å². The summed E-state index contributed by atoms with van der Waals surface area (Å²) in [7, 11) is -2.27. The summed E-state index contributed by atoms with van der Waals surface area (Å²) < 4.78 is 733. The van der Waals surface area contributed by atoms with E-state index in [4.69, 9.17) is 121 Å². The smallest absolute Gasteiger partial charge is 0.268 e. The molecule has 0 aliphatic rings. The van der Waals surface area contributed by atoms with Crippen LogP contribution in [0.3, 0.4) is 0 Å². The molecular formula is C48H100NO6P. The third-order valence-electron chi connectivity index (χ3n) is 4.60. The Morgan fingerprint density at radius 1 is 0.536 bits per heavy atom. The van der Waals surface area contributed by atoms with Gasteiger partial charge in [-0.05, 0) is 59.9 Å². The lowest BCUT2D eigenvalue weighted by Crippen LogP contribution is -2.37. The van der Waals surface area contributed by atoms with E-state index < -0.39 is 297 Å². The molecule has 56 heavy (non-hydrogen) atoms. The second-order valence-corrected chi connectivity index (χ2v) is 11.8. The number of phosphoric ester groups is 1. The quantitative estimate of drug-likeness (QED) is 0.0450. The van der Waals surface area contributed by atoms with Crippen molar-refractivity contribution in [3.63, 3.8) is 0 Å². The number of likely N-dealkylation sites (N-methyl/N-ethyl adjacent to an activating group) is 1. The summed E-state index contributed by atoms with van der Waals surface area (Å²) in [6.45, 7) is -70.0. The average Bonchev–Trinajstić information content (AvgIpc) is 0.658. The normalized spacial score (nSPS) is 50.8. The zero-order valence-electron chi connectivity index (χ0n) is 112. The maximum Gasteiger partial charge on any atom is 0.268 e. The van der Waals surface area contributed by atoms with Gasteiger partial charge < -0.3 is 27.9 Å². The molecule has 0 amide bonds. The van der Waals surface area contributed by atoms with Gasteiger partial charge in [0.15, 0.2) is 0 Å². The highest BCUT2D eigenvalue weighted by Gasteiger charge is 2.19. The minimum atomic E-state index is -6.32. The topological polar surface area (TPSA) is 77.1 Å². The molecule has 0 heterocycles. The summed E-state index contributed by atoms with van der Waals surface area (Å²) in [5, 5.41) is 0. The van der Waals surface area contributed by atoms with E-state index in [9.17, 15) is 10.8 Å². The van der Waals surface area contributed by atoms with Crippen LogP contribution in [0.1, 0.15) is 308 Å². The summed E-state index contributed by atoms with van der Waals surface area (Å²) >= 11 is 0. The molecule has 0 aliphatic carbocycles. The molecular weight excluding hydrogens is 718 g/mol. The Labute approximate surface area is 466 Å². The molecule has 0 radical (unpaired) electrons. The molecule has 0 spiro atoms. The van der Waals surface area contributed by atoms with Gasteiger partial charge in [-0.1, -0.05) is 183 Å². The molecule has 7 nitrogen and oxygen atoms in total. The van der Waals surface area contributed by atoms with Crippen LogP contribution in [-0.4, -0.2) is 71.2 Å². The van der Waals surface area contributed by atoms with Crippen molar-refractivity contribution >= 4 is 7.82 Å². The second-order valence-electron chi connectivity index (χ2n) is 10.3. The first-order valence-corrected chi connectivity index (χ1v) is 16.2. The summed E-state index contributed by atoms with van der Waals surface area (Å²) in [5.74, 6) is -46.9. The zero-order chi connectivity index (χ0) is 114. The van der Waals surface area contributed by atoms with Crippen molar-refractivity contribution in [2.45, 2.75) is 202 Å². The van der Waals surface area contributed by atoms with Crippen LogP contribution in [0.4, 0.5) is 0 Å². The van der Waals surface area contributed by atoms with E-state index in [0.29, 0.717) is 0 Å². The monoisotopic (exact) mass is 900 g/mol. The standard InChI is InChI=1S/C48H100NO6P/c1-40(2)20-14-22-42(5)24-16-26-44(7)28-18-30-46(9)32-35-52-38-48(39-55-56(50,51)54-37-34-49(11,12)13)53-36-33-47(10)31-19-29-45(8)27-17-25-43(6)23-15-21-41(3)4/h40-48H,14-39H2,1-13H3/t42?,43?,44?,45?,46?,47?,48-/m1/s1/i1D3,2D3,3D3,4D3,5D3,6D3,7D3,8D3,9D3,10D3,14D2,15D2,16D2,17D2,18D2,19D2,20D2,21D2,22D2,23D2,24D2,25D2,26D2,27D2,28D2,29D2,30D2,31D2,32D2,33D2,35D2,36D2,40D,41D,42D,43D,44D,45D,46D,47D. The Morgan fingerprint density at radius 3 is 1.29 bits per heavy atom. The largest absolute Gasteiger partial charge is 0.756 e. The number of quaternary nitrogens is 1. The van der Waals surface area contributed by atoms with E-state index >= 15 is 0 Å². The molecule has 0 aromatic rings. The summed E-state index contributed by atoms with van der Waals surface area (Å²) in [4.78, 5) is 13.4. The van der Waals surface area contributed by atoms with Crippen molar-refractivity contribution in [2.75, 3.05) is 60.6 Å². The van der Waals surface area contributed by atoms with Gasteiger partial charge in [0.2, 0.25) is 0 Å². The molecule has 0 bridgehead atoms. The van der Waals surface area contributed by atoms with E-state index in [2.05, 4.69) is 9.05 Å². The van der Waals surface area contributed by atoms with Crippen LogP contribution < -0.4 is 4.89 Å². The highest BCUT2D eigenvalue weighted by molar-refractivity contribution is 7.45. The van der Waals surface area contributed by atoms with Gasteiger partial charge in [0.05, 0.1) is 39.8 Å². The molecule has 0 fully saturated rings. The van der Waals surface area contributed by atoms with Crippen molar-refractivity contribution in [2.24, 2.45) is 47.2 Å². The third kappa shape index (κ3) is 38.2. The lowest BCUT2D eigenvalue weighted by atomic mass is 9.91. The first-order chi connectivity index (χ1) is 58.0. The molecule has 0 saturated carbocycles. The van der Waals surface area contributed by atoms with Gasteiger partial charge in [-0.15, -0.1) is 0 Å². The number of hydrogen-bond donors (Lipinski definition) is 0. The molecule has 7 unspecified atom stereocenters. The molecule has 8 heteroatoms. The maximum absolute atomic E-state index is 13.4. The predicted octanol–water partition coefficient (Wildman–Crippen LogP) is 13.5. The number of ether oxygens (including phenoxy) is 2. The van der Waals surface area contributed by atoms with E-state index in [0.717, 1.165) is 0 Å². The first kappa shape index (κ1) is 9.02. The van der Waals surface area contributed by atoms with Crippen LogP contribution in [0, 0.1) is 47.2 Å². The van der Waals surface area contributed by atoms with Gasteiger partial charge in [0.1, 0.15) is 19.3 Å². The van der Waals surface area contributed by atoms with Crippen LogP contribution >= 0.6 is 7.82 Å². The number of phosphoric acid groups is 1. The predicted molar refractivity (Wildman–Crippen MR) is 240 cm³/mol. The lowest BCUT2D eigenvalue weighted by Gasteiger charge is -2.28. The Hall–Kier alpha value is -0.0100. The molecule has 338 valence electrons. The zero-order valence-corrected chi connectivity index (χ0v) is 30.6. The van der Waals surface area contributed by atoms with Crippen LogP contribution in [0.5, 0.6) is 0 Å². The van der Waals surface area contributed by atoms with Crippen molar-refractivity contribution in [3.8, 4) is 0 Å². The molecule has 0 aromatic carbocycles. The van der Waals surface area contributed by atoms with Crippen LogP contribution in [0.2, 0.25) is 0 Å². The molecule has 0 rings (SSSR count). The summed E-state index contributed by atoms with van der Waals surface area (Å²) in [6.07, 6.45) is -123. The van der Waals surface area contributed by atoms with Gasteiger partial charge in [0, 0.05) is 120 Å². The molecule has 0 aromatic heterocycles. The van der Waals surface area contributed by atoms with Crippen molar-refractivity contribution < 1.29 is 145 Å². The van der Waals surface area contributed by atoms with Gasteiger partial charge in [-0.3, -0.25) is 4.57 Å². The molecule has 0 saturated heterocycles. The van der Waals surface area contributed by atoms with Gasteiger partial charge >= 0.3 is 0 Å². The number of rotatable bonds is 40. The van der Waals surface area contributed by atoms with Crippen molar-refractivity contribution in [1.82, 2.24) is 0 Å². The van der Waals surface area contributed by atoms with Gasteiger partial charge in [0.25, 0.3) is 7.82 Å². The number of nitrogens with zero attached hydrogens (tertiary/aromatic N) is 1. The lowest BCUT2D eigenvalue weighted by molar-refractivity contribution is -0.870. The fourth-order valence-electron chi connectivity index (χ4n) is 2.26. The third-order valence-corrected chi connectivity index (χ3v) is 5.56. The second kappa shape index (κ2) is 33.7. The van der Waals surface area contributed by atoms with Crippen molar-refractivity contribution in [3.05, 3.63) is 0 Å². The summed E-state index contributed by atoms with van der Waals surface area (Å²) in [5.41, 5.74) is 0. The van der Waals surface area contributed by atoms with E-state index in [1.807, 2.05) is 0 Å². The van der Waals surface area contributed by atoms with E-state index in [1.165, 1.54) is 21.1 Å². The molecule has 8 atom stereocenters. The summed E-state index contributed by atoms with van der Waals surface area (Å²) in [6, 6.07) is 0. The minimum Gasteiger partial charge on any atom is -0.756 e. The maximum atomic E-state index is 13.4. The Balaban J connectivity index is 9.89. The highest BCUT2D eigenvalue weighted by Crippen LogP contribution is 2.38.